The molecule has 8 heteroatoms. The number of fused-ring (bicyclic) bond motifs is 3. The van der Waals surface area contributed by atoms with Crippen LogP contribution in [0.2, 0.25) is 0 Å². The molecule has 0 radical (unpaired) electrons. The first-order valence-electron chi connectivity index (χ1n) is 11.0. The summed E-state index contributed by atoms with van der Waals surface area (Å²) in [5.74, 6) is -1.30. The first-order valence-corrected chi connectivity index (χ1v) is 11.0. The van der Waals surface area contributed by atoms with Crippen molar-refractivity contribution >= 4 is 18.0 Å². The topological polar surface area (TPSA) is 105 Å². The number of carboxylic acid groups (broad SMARTS) is 1. The molecule has 1 aliphatic carbocycles. The lowest BCUT2D eigenvalue weighted by atomic mass is 9.98. The number of aliphatic carboxylic acids is 1. The highest BCUT2D eigenvalue weighted by Gasteiger charge is 2.30. The second-order valence-corrected chi connectivity index (χ2v) is 8.06. The van der Waals surface area contributed by atoms with Crippen LogP contribution < -0.4 is 5.32 Å². The van der Waals surface area contributed by atoms with Crippen LogP contribution in [0, 0.1) is 0 Å². The normalized spacial score (nSPS) is 13.0. The molecule has 2 aromatic rings. The SMILES string of the molecule is COCCC(NC(=O)OCC1c2ccccc2-c2ccccc21)C(=O)N(C)CCCC(=O)O. The lowest BCUT2D eigenvalue weighted by Crippen LogP contribution is -2.48. The highest BCUT2D eigenvalue weighted by Crippen LogP contribution is 2.44. The zero-order valence-electron chi connectivity index (χ0n) is 19.0. The molecule has 176 valence electrons. The smallest absolute Gasteiger partial charge is 0.407 e. The third kappa shape index (κ3) is 6.10. The van der Waals surface area contributed by atoms with E-state index < -0.39 is 18.1 Å². The number of nitrogens with one attached hydrogen (secondary N) is 1. The van der Waals surface area contributed by atoms with Crippen molar-refractivity contribution < 1.29 is 29.0 Å². The molecular weight excluding hydrogens is 424 g/mol. The summed E-state index contributed by atoms with van der Waals surface area (Å²) < 4.78 is 10.6. The van der Waals surface area contributed by atoms with Gasteiger partial charge in [-0.2, -0.15) is 0 Å². The van der Waals surface area contributed by atoms with Gasteiger partial charge in [-0.1, -0.05) is 48.5 Å². The quantitative estimate of drug-likeness (QED) is 0.540. The van der Waals surface area contributed by atoms with Crippen LogP contribution in [0.3, 0.4) is 0 Å². The van der Waals surface area contributed by atoms with Gasteiger partial charge >= 0.3 is 12.1 Å². The number of alkyl carbamates (subject to hydrolysis) is 1. The van der Waals surface area contributed by atoms with Gasteiger partial charge in [0.05, 0.1) is 0 Å². The van der Waals surface area contributed by atoms with Crippen molar-refractivity contribution in [1.82, 2.24) is 10.2 Å². The summed E-state index contributed by atoms with van der Waals surface area (Å²) in [7, 11) is 3.11. The maximum absolute atomic E-state index is 12.8. The average molecular weight is 455 g/mol. The number of hydrogen-bond donors (Lipinski definition) is 2. The van der Waals surface area contributed by atoms with E-state index in [0.29, 0.717) is 6.42 Å². The number of methoxy groups -OCH3 is 1. The van der Waals surface area contributed by atoms with Crippen molar-refractivity contribution in [2.24, 2.45) is 0 Å². The molecule has 2 amide bonds. The van der Waals surface area contributed by atoms with Crippen LogP contribution in [0.15, 0.2) is 48.5 Å². The predicted molar refractivity (Wildman–Crippen MR) is 123 cm³/mol. The molecule has 33 heavy (non-hydrogen) atoms. The summed E-state index contributed by atoms with van der Waals surface area (Å²) >= 11 is 0. The van der Waals surface area contributed by atoms with Gasteiger partial charge in [0.15, 0.2) is 0 Å². The summed E-state index contributed by atoms with van der Waals surface area (Å²) in [6.45, 7) is 0.712. The number of rotatable bonds is 11. The maximum Gasteiger partial charge on any atom is 0.407 e. The molecule has 0 saturated carbocycles. The van der Waals surface area contributed by atoms with Gasteiger partial charge in [-0.25, -0.2) is 4.79 Å². The van der Waals surface area contributed by atoms with E-state index >= 15 is 0 Å². The molecule has 0 aliphatic heterocycles. The fourth-order valence-electron chi connectivity index (χ4n) is 4.12. The minimum Gasteiger partial charge on any atom is -0.481 e. The third-order valence-corrected chi connectivity index (χ3v) is 5.80. The van der Waals surface area contributed by atoms with E-state index in [4.69, 9.17) is 14.6 Å². The Morgan fingerprint density at radius 2 is 1.67 bits per heavy atom. The van der Waals surface area contributed by atoms with Crippen molar-refractivity contribution in [3.8, 4) is 11.1 Å². The number of carbonyl (C=O) groups is 3. The van der Waals surface area contributed by atoms with E-state index in [1.807, 2.05) is 36.4 Å². The molecular formula is C25H30N2O6. The van der Waals surface area contributed by atoms with Gasteiger partial charge in [0.2, 0.25) is 5.91 Å². The van der Waals surface area contributed by atoms with Crippen LogP contribution >= 0.6 is 0 Å². The molecule has 0 saturated heterocycles. The van der Waals surface area contributed by atoms with Crippen LogP contribution in [0.4, 0.5) is 4.79 Å². The van der Waals surface area contributed by atoms with Crippen LogP contribution in [-0.4, -0.2) is 67.9 Å². The molecule has 0 heterocycles. The molecule has 0 aromatic heterocycles. The number of ether oxygens (including phenoxy) is 2. The van der Waals surface area contributed by atoms with Gasteiger partial charge in [-0.3, -0.25) is 9.59 Å². The van der Waals surface area contributed by atoms with Crippen LogP contribution in [0.1, 0.15) is 36.3 Å². The maximum atomic E-state index is 12.8. The van der Waals surface area contributed by atoms with E-state index in [1.165, 1.54) is 12.0 Å². The number of nitrogens with zero attached hydrogens (tertiary/aromatic N) is 1. The van der Waals surface area contributed by atoms with Gasteiger partial charge in [0.1, 0.15) is 12.6 Å². The Hall–Kier alpha value is -3.39. The van der Waals surface area contributed by atoms with E-state index in [2.05, 4.69) is 17.4 Å². The van der Waals surface area contributed by atoms with E-state index in [1.54, 1.807) is 7.05 Å². The number of carboxylic acids is 1. The Balaban J connectivity index is 1.61. The fraction of sp³-hybridized carbons (Fsp3) is 0.400. The number of carbonyl (C=O) groups excluding carboxylic acids is 2. The number of likely N-dealkylation sites (N-methyl/N-ethyl adjacent to an activating group) is 1. The Morgan fingerprint density at radius 3 is 2.24 bits per heavy atom. The number of hydrogen-bond acceptors (Lipinski definition) is 5. The second kappa shape index (κ2) is 11.5. The number of amides is 2. The van der Waals surface area contributed by atoms with Gasteiger partial charge in [-0.05, 0) is 28.7 Å². The summed E-state index contributed by atoms with van der Waals surface area (Å²) in [6, 6.07) is 15.3. The zero-order chi connectivity index (χ0) is 23.8. The average Bonchev–Trinajstić information content (AvgIpc) is 3.13. The lowest BCUT2D eigenvalue weighted by molar-refractivity contribution is -0.138. The highest BCUT2D eigenvalue weighted by atomic mass is 16.5. The third-order valence-electron chi connectivity index (χ3n) is 5.80. The minimum absolute atomic E-state index is 0.0276. The zero-order valence-corrected chi connectivity index (χ0v) is 19.0. The first kappa shape index (κ1) is 24.3. The fourth-order valence-corrected chi connectivity index (χ4v) is 4.12. The molecule has 0 bridgehead atoms. The Kier molecular flexibility index (Phi) is 8.43. The number of benzene rings is 2. The molecule has 0 fully saturated rings. The van der Waals surface area contributed by atoms with Gasteiger partial charge in [0, 0.05) is 46.1 Å². The van der Waals surface area contributed by atoms with Crippen molar-refractivity contribution in [1.29, 1.82) is 0 Å². The molecule has 3 rings (SSSR count). The molecule has 8 nitrogen and oxygen atoms in total. The molecule has 0 spiro atoms. The first-order chi connectivity index (χ1) is 15.9. The van der Waals surface area contributed by atoms with Gasteiger partial charge in [0.25, 0.3) is 0 Å². The molecule has 1 unspecified atom stereocenters. The van der Waals surface area contributed by atoms with E-state index in [-0.39, 0.29) is 44.4 Å². The Morgan fingerprint density at radius 1 is 1.06 bits per heavy atom. The van der Waals surface area contributed by atoms with Crippen molar-refractivity contribution in [3.63, 3.8) is 0 Å². The molecule has 2 N–H and O–H groups in total. The lowest BCUT2D eigenvalue weighted by Gasteiger charge is -2.24. The van der Waals surface area contributed by atoms with Gasteiger partial charge in [-0.15, -0.1) is 0 Å². The largest absolute Gasteiger partial charge is 0.481 e. The van der Waals surface area contributed by atoms with Crippen LogP contribution in [0.5, 0.6) is 0 Å². The van der Waals surface area contributed by atoms with Crippen LogP contribution in [0.25, 0.3) is 11.1 Å². The summed E-state index contributed by atoms with van der Waals surface area (Å²) in [4.78, 5) is 37.5. The molecule has 1 atom stereocenters. The second-order valence-electron chi connectivity index (χ2n) is 8.06. The standard InChI is InChI=1S/C25H30N2O6/c1-27(14-7-12-23(28)29)24(30)22(13-15-32-2)26-25(31)33-16-21-19-10-5-3-8-17(19)18-9-4-6-11-20(18)21/h3-6,8-11,21-22H,7,12-16H2,1-2H3,(H,26,31)(H,28,29). The van der Waals surface area contributed by atoms with Gasteiger partial charge < -0.3 is 24.8 Å². The Labute approximate surface area is 193 Å². The van der Waals surface area contributed by atoms with E-state index in [0.717, 1.165) is 22.3 Å². The minimum atomic E-state index is -0.913. The van der Waals surface area contributed by atoms with Crippen molar-refractivity contribution in [2.75, 3.05) is 33.9 Å². The highest BCUT2D eigenvalue weighted by molar-refractivity contribution is 5.85. The predicted octanol–water partition coefficient (Wildman–Crippen LogP) is 3.25. The monoisotopic (exact) mass is 454 g/mol. The van der Waals surface area contributed by atoms with Crippen molar-refractivity contribution in [3.05, 3.63) is 59.7 Å². The molecule has 1 aliphatic rings. The summed E-state index contributed by atoms with van der Waals surface area (Å²) in [5, 5.41) is 11.4. The Bertz CT molecular complexity index is 947. The summed E-state index contributed by atoms with van der Waals surface area (Å²) in [6.07, 6.45) is -0.0899. The van der Waals surface area contributed by atoms with E-state index in [9.17, 15) is 14.4 Å². The molecule has 2 aromatic carbocycles. The van der Waals surface area contributed by atoms with Crippen molar-refractivity contribution in [2.45, 2.75) is 31.2 Å². The summed E-state index contributed by atoms with van der Waals surface area (Å²) in [5.41, 5.74) is 4.49. The van der Waals surface area contributed by atoms with Crippen LogP contribution in [-0.2, 0) is 19.1 Å².